The minimum atomic E-state index is -3.38. The number of carbonyl (C=O) groups is 1. The van der Waals surface area contributed by atoms with Gasteiger partial charge in [0.25, 0.3) is 0 Å². The number of benzene rings is 1. The van der Waals surface area contributed by atoms with Crippen LogP contribution in [0.5, 0.6) is 0 Å². The molecule has 0 saturated carbocycles. The normalized spacial score (nSPS) is 11.5. The van der Waals surface area contributed by atoms with E-state index in [1.807, 2.05) is 0 Å². The monoisotopic (exact) mass is 257 g/mol. The van der Waals surface area contributed by atoms with Crippen molar-refractivity contribution in [2.45, 2.75) is 19.1 Å². The van der Waals surface area contributed by atoms with Gasteiger partial charge in [0.2, 0.25) is 10.0 Å². The van der Waals surface area contributed by atoms with E-state index < -0.39 is 21.2 Å². The topological polar surface area (TPSA) is 74.7 Å². The van der Waals surface area contributed by atoms with Crippen LogP contribution in [0.15, 0.2) is 24.3 Å². The number of nitrogens with zero attached hydrogens (tertiary/aromatic N) is 1. The van der Waals surface area contributed by atoms with Gasteiger partial charge in [-0.25, -0.2) is 13.2 Å². The average molecular weight is 257 g/mol. The fourth-order valence-electron chi connectivity index (χ4n) is 1.28. The molecule has 0 radical (unpaired) electrons. The number of rotatable bonds is 4. The van der Waals surface area contributed by atoms with E-state index in [1.165, 1.54) is 31.3 Å². The Labute approximate surface area is 101 Å². The van der Waals surface area contributed by atoms with Crippen molar-refractivity contribution < 1.29 is 18.3 Å². The van der Waals surface area contributed by atoms with Crippen molar-refractivity contribution in [2.75, 3.05) is 11.4 Å². The summed E-state index contributed by atoms with van der Waals surface area (Å²) in [6, 6.07) is 5.71. The third-order valence-corrected chi connectivity index (χ3v) is 4.62. The van der Waals surface area contributed by atoms with E-state index in [9.17, 15) is 13.2 Å². The molecular formula is C11H15NO4S. The Bertz CT molecular complexity index is 505. The van der Waals surface area contributed by atoms with E-state index in [0.717, 1.165) is 4.31 Å². The SMILES string of the molecule is CC(C)S(=O)(=O)N(C)c1ccc(C(=O)O)cc1. The van der Waals surface area contributed by atoms with Crippen molar-refractivity contribution in [1.29, 1.82) is 0 Å². The molecule has 0 saturated heterocycles. The van der Waals surface area contributed by atoms with E-state index in [2.05, 4.69) is 0 Å². The number of anilines is 1. The van der Waals surface area contributed by atoms with Crippen molar-refractivity contribution in [1.82, 2.24) is 0 Å². The Morgan fingerprint density at radius 2 is 1.71 bits per heavy atom. The molecule has 0 aromatic heterocycles. The minimum absolute atomic E-state index is 0.129. The number of hydrogen-bond donors (Lipinski definition) is 1. The lowest BCUT2D eigenvalue weighted by atomic mass is 10.2. The quantitative estimate of drug-likeness (QED) is 0.888. The molecule has 0 unspecified atom stereocenters. The summed E-state index contributed by atoms with van der Waals surface area (Å²) in [4.78, 5) is 10.7. The minimum Gasteiger partial charge on any atom is -0.478 e. The van der Waals surface area contributed by atoms with Gasteiger partial charge in [0.1, 0.15) is 0 Å². The molecular weight excluding hydrogens is 242 g/mol. The van der Waals surface area contributed by atoms with Gasteiger partial charge in [-0.15, -0.1) is 0 Å². The van der Waals surface area contributed by atoms with Gasteiger partial charge in [-0.05, 0) is 38.1 Å². The van der Waals surface area contributed by atoms with Crippen molar-refractivity contribution in [3.63, 3.8) is 0 Å². The maximum atomic E-state index is 11.9. The summed E-state index contributed by atoms with van der Waals surface area (Å²) < 4.78 is 24.9. The molecule has 0 atom stereocenters. The first-order valence-electron chi connectivity index (χ1n) is 5.08. The van der Waals surface area contributed by atoms with Crippen molar-refractivity contribution in [3.05, 3.63) is 29.8 Å². The lowest BCUT2D eigenvalue weighted by Gasteiger charge is -2.21. The second-order valence-electron chi connectivity index (χ2n) is 3.91. The fraction of sp³-hybridized carbons (Fsp3) is 0.364. The molecule has 0 spiro atoms. The van der Waals surface area contributed by atoms with Crippen LogP contribution in [0.2, 0.25) is 0 Å². The Kier molecular flexibility index (Phi) is 3.77. The summed E-state index contributed by atoms with van der Waals surface area (Å²) in [5, 5.41) is 8.21. The first kappa shape index (κ1) is 13.5. The zero-order chi connectivity index (χ0) is 13.2. The van der Waals surface area contributed by atoms with Gasteiger partial charge >= 0.3 is 5.97 Å². The summed E-state index contributed by atoms with van der Waals surface area (Å²) in [6.45, 7) is 3.19. The molecule has 1 aromatic carbocycles. The van der Waals surface area contributed by atoms with Gasteiger partial charge in [-0.3, -0.25) is 4.31 Å². The van der Waals surface area contributed by atoms with Gasteiger partial charge in [-0.1, -0.05) is 0 Å². The van der Waals surface area contributed by atoms with E-state index in [1.54, 1.807) is 13.8 Å². The number of hydrogen-bond acceptors (Lipinski definition) is 3. The molecule has 17 heavy (non-hydrogen) atoms. The number of carboxylic acid groups (broad SMARTS) is 1. The smallest absolute Gasteiger partial charge is 0.335 e. The molecule has 0 fully saturated rings. The third-order valence-electron chi connectivity index (χ3n) is 2.46. The van der Waals surface area contributed by atoms with E-state index in [0.29, 0.717) is 5.69 Å². The number of aromatic carboxylic acids is 1. The lowest BCUT2D eigenvalue weighted by Crippen LogP contribution is -2.32. The molecule has 0 amide bonds. The van der Waals surface area contributed by atoms with Gasteiger partial charge in [-0.2, -0.15) is 0 Å². The van der Waals surface area contributed by atoms with Crippen LogP contribution in [-0.4, -0.2) is 31.8 Å². The van der Waals surface area contributed by atoms with E-state index in [4.69, 9.17) is 5.11 Å². The Hall–Kier alpha value is -1.56. The summed E-state index contributed by atoms with van der Waals surface area (Å²) >= 11 is 0. The van der Waals surface area contributed by atoms with E-state index in [-0.39, 0.29) is 5.56 Å². The first-order chi connectivity index (χ1) is 7.76. The van der Waals surface area contributed by atoms with Crippen LogP contribution < -0.4 is 4.31 Å². The predicted molar refractivity (Wildman–Crippen MR) is 65.9 cm³/mol. The second kappa shape index (κ2) is 4.75. The molecule has 1 aromatic rings. The van der Waals surface area contributed by atoms with Crippen LogP contribution in [0.4, 0.5) is 5.69 Å². The van der Waals surface area contributed by atoms with Crippen LogP contribution >= 0.6 is 0 Å². The van der Waals surface area contributed by atoms with Crippen molar-refractivity contribution in [2.24, 2.45) is 0 Å². The van der Waals surface area contributed by atoms with Gasteiger partial charge in [0.15, 0.2) is 0 Å². The molecule has 0 heterocycles. The largest absolute Gasteiger partial charge is 0.478 e. The Morgan fingerprint density at radius 3 is 2.06 bits per heavy atom. The van der Waals surface area contributed by atoms with Crippen LogP contribution in [0.3, 0.4) is 0 Å². The third kappa shape index (κ3) is 2.76. The molecule has 0 bridgehead atoms. The molecule has 0 aliphatic carbocycles. The van der Waals surface area contributed by atoms with Gasteiger partial charge in [0, 0.05) is 7.05 Å². The Morgan fingerprint density at radius 1 is 1.24 bits per heavy atom. The van der Waals surface area contributed by atoms with Crippen molar-refractivity contribution >= 4 is 21.7 Å². The van der Waals surface area contributed by atoms with Crippen LogP contribution in [0, 0.1) is 0 Å². The molecule has 1 N–H and O–H groups in total. The van der Waals surface area contributed by atoms with Crippen LogP contribution in [-0.2, 0) is 10.0 Å². The summed E-state index contributed by atoms with van der Waals surface area (Å²) in [5.41, 5.74) is 0.577. The zero-order valence-corrected chi connectivity index (χ0v) is 10.7. The summed E-state index contributed by atoms with van der Waals surface area (Å²) in [6.07, 6.45) is 0. The summed E-state index contributed by atoms with van der Waals surface area (Å²) in [7, 11) is -1.93. The molecule has 5 nitrogen and oxygen atoms in total. The summed E-state index contributed by atoms with van der Waals surface area (Å²) in [5.74, 6) is -1.04. The number of sulfonamides is 1. The van der Waals surface area contributed by atoms with Crippen molar-refractivity contribution in [3.8, 4) is 0 Å². The standard InChI is InChI=1S/C11H15NO4S/c1-8(2)17(15,16)12(3)10-6-4-9(5-7-10)11(13)14/h4-8H,1-3H3,(H,13,14). The van der Waals surface area contributed by atoms with E-state index >= 15 is 0 Å². The molecule has 1 rings (SSSR count). The highest BCUT2D eigenvalue weighted by atomic mass is 32.2. The molecule has 6 heteroatoms. The number of carboxylic acids is 1. The Balaban J connectivity index is 3.06. The lowest BCUT2D eigenvalue weighted by molar-refractivity contribution is 0.0697. The maximum Gasteiger partial charge on any atom is 0.335 e. The molecule has 0 aliphatic rings. The first-order valence-corrected chi connectivity index (χ1v) is 6.58. The molecule has 94 valence electrons. The van der Waals surface area contributed by atoms with Gasteiger partial charge in [0.05, 0.1) is 16.5 Å². The second-order valence-corrected chi connectivity index (χ2v) is 6.43. The average Bonchev–Trinajstić information content (AvgIpc) is 2.27. The fourth-order valence-corrected chi connectivity index (χ4v) is 2.33. The maximum absolute atomic E-state index is 11.9. The highest BCUT2D eigenvalue weighted by molar-refractivity contribution is 7.93. The molecule has 0 aliphatic heterocycles. The predicted octanol–water partition coefficient (Wildman–Crippen LogP) is 1.56. The van der Waals surface area contributed by atoms with Gasteiger partial charge < -0.3 is 5.11 Å². The highest BCUT2D eigenvalue weighted by Gasteiger charge is 2.22. The highest BCUT2D eigenvalue weighted by Crippen LogP contribution is 2.19. The van der Waals surface area contributed by atoms with Crippen LogP contribution in [0.25, 0.3) is 0 Å². The van der Waals surface area contributed by atoms with Crippen LogP contribution in [0.1, 0.15) is 24.2 Å². The zero-order valence-electron chi connectivity index (χ0n) is 9.91.